The van der Waals surface area contributed by atoms with Crippen molar-refractivity contribution in [1.29, 1.82) is 0 Å². The molecule has 0 aromatic carbocycles. The van der Waals surface area contributed by atoms with E-state index in [2.05, 4.69) is 24.5 Å². The number of hydrogen-bond donors (Lipinski definition) is 2. The van der Waals surface area contributed by atoms with Gasteiger partial charge in [0.15, 0.2) is 0 Å². The van der Waals surface area contributed by atoms with E-state index in [0.29, 0.717) is 6.04 Å². The van der Waals surface area contributed by atoms with Gasteiger partial charge in [0.05, 0.1) is 6.61 Å². The molecule has 3 nitrogen and oxygen atoms in total. The monoisotopic (exact) mass is 174 g/mol. The topological polar surface area (TPSA) is 33.3 Å². The van der Waals surface area contributed by atoms with E-state index >= 15 is 0 Å². The zero-order valence-corrected chi connectivity index (χ0v) is 8.52. The molecule has 2 N–H and O–H groups in total. The molecule has 0 aliphatic rings. The number of ether oxygens (including phenoxy) is 1. The SMILES string of the molecule is CCOCCNCCNC(C)C. The fourth-order valence-electron chi connectivity index (χ4n) is 0.863. The second-order valence-electron chi connectivity index (χ2n) is 3.06. The summed E-state index contributed by atoms with van der Waals surface area (Å²) in [6.07, 6.45) is 0. The Kier molecular flexibility index (Phi) is 8.88. The third kappa shape index (κ3) is 9.88. The molecular formula is C9H22N2O. The van der Waals surface area contributed by atoms with Gasteiger partial charge in [-0.25, -0.2) is 0 Å². The maximum Gasteiger partial charge on any atom is 0.0590 e. The minimum absolute atomic E-state index is 0.582. The van der Waals surface area contributed by atoms with Crippen LogP contribution in [0.2, 0.25) is 0 Å². The first-order valence-electron chi connectivity index (χ1n) is 4.79. The third-order valence-electron chi connectivity index (χ3n) is 1.48. The van der Waals surface area contributed by atoms with Gasteiger partial charge in [-0.1, -0.05) is 13.8 Å². The summed E-state index contributed by atoms with van der Waals surface area (Å²) in [6.45, 7) is 11.0. The molecule has 0 aromatic heterocycles. The van der Waals surface area contributed by atoms with Crippen LogP contribution < -0.4 is 10.6 Å². The molecule has 0 heterocycles. The first-order chi connectivity index (χ1) is 5.77. The molecule has 0 radical (unpaired) electrons. The third-order valence-corrected chi connectivity index (χ3v) is 1.48. The number of rotatable bonds is 8. The van der Waals surface area contributed by atoms with Gasteiger partial charge < -0.3 is 15.4 Å². The van der Waals surface area contributed by atoms with E-state index < -0.39 is 0 Å². The summed E-state index contributed by atoms with van der Waals surface area (Å²) in [4.78, 5) is 0. The van der Waals surface area contributed by atoms with Crippen molar-refractivity contribution >= 4 is 0 Å². The second kappa shape index (κ2) is 8.97. The lowest BCUT2D eigenvalue weighted by atomic mass is 10.4. The normalized spacial score (nSPS) is 11.0. The van der Waals surface area contributed by atoms with Crippen molar-refractivity contribution in [2.45, 2.75) is 26.8 Å². The number of hydrogen-bond acceptors (Lipinski definition) is 3. The Labute approximate surface area is 75.9 Å². The van der Waals surface area contributed by atoms with Crippen LogP contribution in [0.4, 0.5) is 0 Å². The van der Waals surface area contributed by atoms with Crippen molar-refractivity contribution in [2.75, 3.05) is 32.8 Å². The van der Waals surface area contributed by atoms with Crippen molar-refractivity contribution in [3.05, 3.63) is 0 Å². The van der Waals surface area contributed by atoms with Crippen LogP contribution in [0, 0.1) is 0 Å². The summed E-state index contributed by atoms with van der Waals surface area (Å²) in [5, 5.41) is 6.62. The van der Waals surface area contributed by atoms with E-state index in [9.17, 15) is 0 Å². The van der Waals surface area contributed by atoms with E-state index in [0.717, 1.165) is 32.8 Å². The van der Waals surface area contributed by atoms with Gasteiger partial charge in [0.25, 0.3) is 0 Å². The van der Waals surface area contributed by atoms with E-state index in [4.69, 9.17) is 4.74 Å². The first-order valence-corrected chi connectivity index (χ1v) is 4.79. The van der Waals surface area contributed by atoms with Gasteiger partial charge in [0.1, 0.15) is 0 Å². The minimum atomic E-state index is 0.582. The number of nitrogens with one attached hydrogen (secondary N) is 2. The van der Waals surface area contributed by atoms with Crippen molar-refractivity contribution in [3.8, 4) is 0 Å². The average molecular weight is 174 g/mol. The summed E-state index contributed by atoms with van der Waals surface area (Å²) in [5.74, 6) is 0. The van der Waals surface area contributed by atoms with E-state index in [1.807, 2.05) is 6.92 Å². The summed E-state index contributed by atoms with van der Waals surface area (Å²) in [7, 11) is 0. The van der Waals surface area contributed by atoms with Crippen LogP contribution in [-0.2, 0) is 4.74 Å². The highest BCUT2D eigenvalue weighted by atomic mass is 16.5. The molecule has 0 aromatic rings. The van der Waals surface area contributed by atoms with Crippen LogP contribution in [-0.4, -0.2) is 38.9 Å². The molecule has 0 amide bonds. The Morgan fingerprint density at radius 3 is 2.50 bits per heavy atom. The van der Waals surface area contributed by atoms with Crippen molar-refractivity contribution in [2.24, 2.45) is 0 Å². The summed E-state index contributed by atoms with van der Waals surface area (Å²) in [5.41, 5.74) is 0. The van der Waals surface area contributed by atoms with Crippen LogP contribution in [0.5, 0.6) is 0 Å². The maximum atomic E-state index is 5.18. The zero-order valence-electron chi connectivity index (χ0n) is 8.52. The van der Waals surface area contributed by atoms with Crippen LogP contribution in [0.3, 0.4) is 0 Å². The highest BCUT2D eigenvalue weighted by Gasteiger charge is 1.90. The lowest BCUT2D eigenvalue weighted by Crippen LogP contribution is -2.32. The molecule has 0 atom stereocenters. The Hall–Kier alpha value is -0.120. The largest absolute Gasteiger partial charge is 0.380 e. The molecule has 0 aliphatic heterocycles. The van der Waals surface area contributed by atoms with Crippen molar-refractivity contribution in [1.82, 2.24) is 10.6 Å². The molecule has 0 fully saturated rings. The molecular weight excluding hydrogens is 152 g/mol. The maximum absolute atomic E-state index is 5.18. The molecule has 0 bridgehead atoms. The molecule has 0 rings (SSSR count). The van der Waals surface area contributed by atoms with Gasteiger partial charge in [0.2, 0.25) is 0 Å². The Balaban J connectivity index is 2.82. The molecule has 0 saturated carbocycles. The van der Waals surface area contributed by atoms with Gasteiger partial charge in [-0.15, -0.1) is 0 Å². The van der Waals surface area contributed by atoms with Crippen LogP contribution in [0.25, 0.3) is 0 Å². The molecule has 12 heavy (non-hydrogen) atoms. The Morgan fingerprint density at radius 2 is 1.92 bits per heavy atom. The van der Waals surface area contributed by atoms with Crippen LogP contribution in [0.1, 0.15) is 20.8 Å². The lowest BCUT2D eigenvalue weighted by molar-refractivity contribution is 0.149. The van der Waals surface area contributed by atoms with Crippen LogP contribution >= 0.6 is 0 Å². The lowest BCUT2D eigenvalue weighted by Gasteiger charge is -2.08. The van der Waals surface area contributed by atoms with Crippen LogP contribution in [0.15, 0.2) is 0 Å². The van der Waals surface area contributed by atoms with Gasteiger partial charge in [-0.2, -0.15) is 0 Å². The van der Waals surface area contributed by atoms with Crippen molar-refractivity contribution < 1.29 is 4.74 Å². The smallest absolute Gasteiger partial charge is 0.0590 e. The fraction of sp³-hybridized carbons (Fsp3) is 1.00. The van der Waals surface area contributed by atoms with Gasteiger partial charge in [-0.3, -0.25) is 0 Å². The Morgan fingerprint density at radius 1 is 1.17 bits per heavy atom. The fourth-order valence-corrected chi connectivity index (χ4v) is 0.863. The van der Waals surface area contributed by atoms with Crippen molar-refractivity contribution in [3.63, 3.8) is 0 Å². The second-order valence-corrected chi connectivity index (χ2v) is 3.06. The zero-order chi connectivity index (χ0) is 9.23. The molecule has 0 aliphatic carbocycles. The predicted molar refractivity (Wildman–Crippen MR) is 52.5 cm³/mol. The molecule has 74 valence electrons. The summed E-state index contributed by atoms with van der Waals surface area (Å²) >= 11 is 0. The highest BCUT2D eigenvalue weighted by Crippen LogP contribution is 1.73. The predicted octanol–water partition coefficient (Wildman–Crippen LogP) is 0.611. The first kappa shape index (κ1) is 11.9. The van der Waals surface area contributed by atoms with Gasteiger partial charge in [-0.05, 0) is 6.92 Å². The molecule has 0 spiro atoms. The highest BCUT2D eigenvalue weighted by molar-refractivity contribution is 4.54. The quantitative estimate of drug-likeness (QED) is 0.529. The van der Waals surface area contributed by atoms with Gasteiger partial charge in [0, 0.05) is 32.3 Å². The summed E-state index contributed by atoms with van der Waals surface area (Å²) in [6, 6.07) is 0.582. The molecule has 3 heteroatoms. The Bertz CT molecular complexity index is 86.6. The standard InChI is InChI=1S/C9H22N2O/c1-4-12-8-7-10-5-6-11-9(2)3/h9-11H,4-8H2,1-3H3. The van der Waals surface area contributed by atoms with Gasteiger partial charge >= 0.3 is 0 Å². The van der Waals surface area contributed by atoms with E-state index in [1.165, 1.54) is 0 Å². The summed E-state index contributed by atoms with van der Waals surface area (Å²) < 4.78 is 5.18. The van der Waals surface area contributed by atoms with E-state index in [1.54, 1.807) is 0 Å². The molecule has 0 saturated heterocycles. The van der Waals surface area contributed by atoms with E-state index in [-0.39, 0.29) is 0 Å². The molecule has 0 unspecified atom stereocenters. The minimum Gasteiger partial charge on any atom is -0.380 e. The average Bonchev–Trinajstić information content (AvgIpc) is 2.02.